The maximum absolute atomic E-state index is 11.5. The number of carbonyl (C=O) groups excluding carboxylic acids is 1. The summed E-state index contributed by atoms with van der Waals surface area (Å²) in [4.78, 5) is 11.5. The summed E-state index contributed by atoms with van der Waals surface area (Å²) in [5, 5.41) is 3.50. The Balaban J connectivity index is 0. The van der Waals surface area contributed by atoms with E-state index in [0.29, 0.717) is 12.2 Å². The molecule has 0 aliphatic carbocycles. The highest BCUT2D eigenvalue weighted by molar-refractivity contribution is 8.93. The van der Waals surface area contributed by atoms with E-state index in [4.69, 9.17) is 4.74 Å². The molecular formula is C26H52BrNO2. The highest BCUT2D eigenvalue weighted by Crippen LogP contribution is 2.14. The molecule has 0 fully saturated rings. The van der Waals surface area contributed by atoms with Gasteiger partial charge in [-0.3, -0.25) is 0 Å². The first-order valence-electron chi connectivity index (χ1n) is 12.5. The molecule has 0 saturated carbocycles. The molecule has 3 nitrogen and oxygen atoms in total. The zero-order chi connectivity index (χ0) is 21.8. The second-order valence-corrected chi connectivity index (χ2v) is 9.47. The number of hydrogen-bond donors (Lipinski definition) is 1. The highest BCUT2D eigenvalue weighted by atomic mass is 79.9. The van der Waals surface area contributed by atoms with Crippen LogP contribution in [0.1, 0.15) is 130 Å². The fourth-order valence-corrected chi connectivity index (χ4v) is 3.52. The number of halogens is 1. The minimum atomic E-state index is -0.303. The van der Waals surface area contributed by atoms with E-state index in [1.165, 1.54) is 103 Å². The van der Waals surface area contributed by atoms with E-state index in [0.717, 1.165) is 6.54 Å². The van der Waals surface area contributed by atoms with E-state index in [9.17, 15) is 4.79 Å². The summed E-state index contributed by atoms with van der Waals surface area (Å²) in [6.07, 6.45) is 22.3. The summed E-state index contributed by atoms with van der Waals surface area (Å²) in [6, 6.07) is 0. The monoisotopic (exact) mass is 489 g/mol. The summed E-state index contributed by atoms with van der Waals surface area (Å²) >= 11 is 0. The Morgan fingerprint density at radius 3 is 1.50 bits per heavy atom. The van der Waals surface area contributed by atoms with E-state index in [2.05, 4.69) is 32.7 Å². The van der Waals surface area contributed by atoms with Crippen molar-refractivity contribution in [3.63, 3.8) is 0 Å². The Morgan fingerprint density at radius 2 is 1.13 bits per heavy atom. The third-order valence-electron chi connectivity index (χ3n) is 5.55. The molecule has 1 N–H and O–H groups in total. The Bertz CT molecular complexity index is 410. The van der Waals surface area contributed by atoms with Gasteiger partial charge in [-0.1, -0.05) is 110 Å². The van der Waals surface area contributed by atoms with Crippen LogP contribution in [0.4, 0.5) is 0 Å². The maximum atomic E-state index is 11.5. The van der Waals surface area contributed by atoms with E-state index in [1.54, 1.807) is 6.92 Å². The normalized spacial score (nSPS) is 11.2. The van der Waals surface area contributed by atoms with Gasteiger partial charge in [0.15, 0.2) is 0 Å². The number of rotatable bonds is 21. The van der Waals surface area contributed by atoms with Crippen molar-refractivity contribution in [3.05, 3.63) is 12.2 Å². The van der Waals surface area contributed by atoms with Crippen molar-refractivity contribution in [2.75, 3.05) is 13.2 Å². The number of carbonyl (C=O) groups is 1. The lowest BCUT2D eigenvalue weighted by Gasteiger charge is -2.26. The predicted octanol–water partition coefficient (Wildman–Crippen LogP) is 8.31. The van der Waals surface area contributed by atoms with Crippen LogP contribution in [0.25, 0.3) is 0 Å². The van der Waals surface area contributed by atoms with Gasteiger partial charge >= 0.3 is 5.97 Å². The van der Waals surface area contributed by atoms with Crippen molar-refractivity contribution in [3.8, 4) is 0 Å². The highest BCUT2D eigenvalue weighted by Gasteiger charge is 2.19. The lowest BCUT2D eigenvalue weighted by atomic mass is 10.0. The van der Waals surface area contributed by atoms with Crippen molar-refractivity contribution in [1.29, 1.82) is 0 Å². The third kappa shape index (κ3) is 22.3. The van der Waals surface area contributed by atoms with Crippen molar-refractivity contribution in [1.82, 2.24) is 5.32 Å². The van der Waals surface area contributed by atoms with Gasteiger partial charge in [0.05, 0.1) is 0 Å². The summed E-state index contributed by atoms with van der Waals surface area (Å²) in [6.45, 7) is 13.1. The molecule has 0 unspecified atom stereocenters. The Labute approximate surface area is 199 Å². The van der Waals surface area contributed by atoms with Crippen molar-refractivity contribution in [2.24, 2.45) is 0 Å². The summed E-state index contributed by atoms with van der Waals surface area (Å²) in [5.41, 5.74) is 0.277. The van der Waals surface area contributed by atoms with Gasteiger partial charge in [0.25, 0.3) is 0 Å². The fourth-order valence-electron chi connectivity index (χ4n) is 3.52. The van der Waals surface area contributed by atoms with Crippen LogP contribution >= 0.6 is 17.0 Å². The van der Waals surface area contributed by atoms with E-state index >= 15 is 0 Å². The van der Waals surface area contributed by atoms with Crippen LogP contribution in [0.3, 0.4) is 0 Å². The van der Waals surface area contributed by atoms with Crippen LogP contribution in [0, 0.1) is 0 Å². The van der Waals surface area contributed by atoms with E-state index in [1.807, 2.05) is 0 Å². The SMILES string of the molecule is Br.C=C(C)C(=O)OCC(C)(C)NCCCCCCCCCCCCCCCCCC. The molecule has 0 rings (SSSR count). The van der Waals surface area contributed by atoms with Crippen LogP contribution in [-0.2, 0) is 9.53 Å². The molecule has 0 aromatic rings. The van der Waals surface area contributed by atoms with Crippen molar-refractivity contribution < 1.29 is 9.53 Å². The molecule has 0 atom stereocenters. The molecule has 0 saturated heterocycles. The molecule has 0 amide bonds. The van der Waals surface area contributed by atoms with E-state index < -0.39 is 0 Å². The van der Waals surface area contributed by atoms with Crippen LogP contribution in [0.5, 0.6) is 0 Å². The van der Waals surface area contributed by atoms with E-state index in [-0.39, 0.29) is 28.5 Å². The standard InChI is InChI=1S/C26H51NO2.BrH/c1-6-7-8-9-10-11-12-13-14-15-16-17-18-19-20-21-22-27-26(4,5)23-29-25(28)24(2)3;/h27H,2,6-23H2,1,3-5H3;1H. The zero-order valence-electron chi connectivity index (χ0n) is 20.7. The Kier molecular flexibility index (Phi) is 23.2. The van der Waals surface area contributed by atoms with Crippen LogP contribution in [-0.4, -0.2) is 24.7 Å². The Hall–Kier alpha value is -0.350. The second kappa shape index (κ2) is 21.9. The number of hydrogen-bond acceptors (Lipinski definition) is 3. The average Bonchev–Trinajstić information content (AvgIpc) is 2.68. The Morgan fingerprint density at radius 1 is 0.767 bits per heavy atom. The van der Waals surface area contributed by atoms with Gasteiger partial charge in [-0.25, -0.2) is 4.79 Å². The van der Waals surface area contributed by atoms with Gasteiger partial charge in [-0.15, -0.1) is 17.0 Å². The molecule has 0 aliphatic heterocycles. The van der Waals surface area contributed by atoms with Gasteiger partial charge < -0.3 is 10.1 Å². The van der Waals surface area contributed by atoms with Gasteiger partial charge in [0.1, 0.15) is 6.61 Å². The van der Waals surface area contributed by atoms with Gasteiger partial charge in [-0.05, 0) is 33.7 Å². The first kappa shape index (κ1) is 31.8. The molecular weight excluding hydrogens is 438 g/mol. The molecule has 30 heavy (non-hydrogen) atoms. The minimum absolute atomic E-state index is 0. The van der Waals surface area contributed by atoms with Gasteiger partial charge in [-0.2, -0.15) is 0 Å². The van der Waals surface area contributed by atoms with Crippen LogP contribution in [0.2, 0.25) is 0 Å². The van der Waals surface area contributed by atoms with Crippen LogP contribution in [0.15, 0.2) is 12.2 Å². The molecule has 0 bridgehead atoms. The molecule has 0 aromatic heterocycles. The number of esters is 1. The molecule has 0 spiro atoms. The molecule has 180 valence electrons. The molecule has 4 heteroatoms. The topological polar surface area (TPSA) is 38.3 Å². The lowest BCUT2D eigenvalue weighted by Crippen LogP contribution is -2.44. The smallest absolute Gasteiger partial charge is 0.333 e. The third-order valence-corrected chi connectivity index (χ3v) is 5.55. The number of nitrogens with one attached hydrogen (secondary N) is 1. The minimum Gasteiger partial charge on any atom is -0.460 e. The molecule has 0 aromatic carbocycles. The zero-order valence-corrected chi connectivity index (χ0v) is 22.4. The predicted molar refractivity (Wildman–Crippen MR) is 138 cm³/mol. The second-order valence-electron chi connectivity index (χ2n) is 9.47. The summed E-state index contributed by atoms with van der Waals surface area (Å²) < 4.78 is 5.25. The molecule has 0 heterocycles. The van der Waals surface area contributed by atoms with Crippen molar-refractivity contribution in [2.45, 2.75) is 136 Å². The molecule has 0 radical (unpaired) electrons. The fraction of sp³-hybridized carbons (Fsp3) is 0.885. The largest absolute Gasteiger partial charge is 0.460 e. The van der Waals surface area contributed by atoms with Crippen LogP contribution < -0.4 is 5.32 Å². The first-order valence-corrected chi connectivity index (χ1v) is 12.5. The van der Waals surface area contributed by atoms with Crippen molar-refractivity contribution >= 4 is 23.0 Å². The summed E-state index contributed by atoms with van der Waals surface area (Å²) in [5.74, 6) is -0.303. The summed E-state index contributed by atoms with van der Waals surface area (Å²) in [7, 11) is 0. The number of ether oxygens (including phenoxy) is 1. The average molecular weight is 491 g/mol. The number of unbranched alkanes of at least 4 members (excludes halogenated alkanes) is 15. The van der Waals surface area contributed by atoms with Gasteiger partial charge in [0, 0.05) is 11.1 Å². The molecule has 0 aliphatic rings. The first-order chi connectivity index (χ1) is 13.9. The lowest BCUT2D eigenvalue weighted by molar-refractivity contribution is -0.140. The maximum Gasteiger partial charge on any atom is 0.333 e. The van der Waals surface area contributed by atoms with Gasteiger partial charge in [0.2, 0.25) is 0 Å². The quantitative estimate of drug-likeness (QED) is 0.0999.